The summed E-state index contributed by atoms with van der Waals surface area (Å²) in [6, 6.07) is 12.7. The van der Waals surface area contributed by atoms with Gasteiger partial charge in [0.1, 0.15) is 11.7 Å². The van der Waals surface area contributed by atoms with Crippen molar-refractivity contribution in [2.75, 3.05) is 5.32 Å². The molecule has 13 heteroatoms. The molecule has 4 aromatic rings. The van der Waals surface area contributed by atoms with Gasteiger partial charge in [0.2, 0.25) is 11.8 Å². The highest BCUT2D eigenvalue weighted by Crippen LogP contribution is 2.30. The van der Waals surface area contributed by atoms with Gasteiger partial charge in [0.05, 0.1) is 16.8 Å². The molecule has 4 rings (SSSR count). The van der Waals surface area contributed by atoms with E-state index in [0.29, 0.717) is 22.2 Å². The number of nitrogens with two attached hydrogens (primary N) is 2. The van der Waals surface area contributed by atoms with E-state index in [-0.39, 0.29) is 29.8 Å². The molecule has 2 heterocycles. The summed E-state index contributed by atoms with van der Waals surface area (Å²) in [4.78, 5) is 55.8. The molecule has 0 radical (unpaired) electrons. The normalized spacial score (nSPS) is 12.1. The number of aromatic amines is 1. The highest BCUT2D eigenvalue weighted by atomic mass is 19.4. The molecule has 0 aliphatic rings. The van der Waals surface area contributed by atoms with Crippen LogP contribution in [0.25, 0.3) is 22.2 Å². The van der Waals surface area contributed by atoms with Crippen LogP contribution in [0.3, 0.4) is 0 Å². The number of benzene rings is 2. The lowest BCUT2D eigenvalue weighted by atomic mass is 10.0. The number of primary amides is 2. The van der Waals surface area contributed by atoms with Crippen LogP contribution in [0.1, 0.15) is 39.3 Å². The summed E-state index contributed by atoms with van der Waals surface area (Å²) >= 11 is 0. The van der Waals surface area contributed by atoms with Gasteiger partial charge in [0.25, 0.3) is 11.8 Å². The fraction of sp³-hybridized carbons (Fsp3) is 0.148. The van der Waals surface area contributed by atoms with Crippen molar-refractivity contribution in [3.8, 4) is 11.3 Å². The zero-order chi connectivity index (χ0) is 29.0. The van der Waals surface area contributed by atoms with Crippen LogP contribution in [-0.2, 0) is 15.8 Å². The minimum atomic E-state index is -4.49. The Hall–Kier alpha value is -5.20. The van der Waals surface area contributed by atoms with E-state index in [1.54, 1.807) is 30.3 Å². The van der Waals surface area contributed by atoms with Crippen molar-refractivity contribution in [2.24, 2.45) is 11.5 Å². The smallest absolute Gasteiger partial charge is 0.370 e. The van der Waals surface area contributed by atoms with Crippen LogP contribution in [-0.4, -0.2) is 39.6 Å². The van der Waals surface area contributed by atoms with Gasteiger partial charge in [-0.15, -0.1) is 0 Å². The summed E-state index contributed by atoms with van der Waals surface area (Å²) in [6.45, 7) is 0. The maximum atomic E-state index is 12.9. The number of alkyl halides is 3. The van der Waals surface area contributed by atoms with Crippen molar-refractivity contribution >= 4 is 40.2 Å². The van der Waals surface area contributed by atoms with Crippen molar-refractivity contribution in [1.82, 2.24) is 15.3 Å². The predicted molar refractivity (Wildman–Crippen MR) is 140 cm³/mol. The van der Waals surface area contributed by atoms with Crippen molar-refractivity contribution in [2.45, 2.75) is 25.1 Å². The SMILES string of the molecule is NC(=O)CCC(NC(=O)c1c[nH]c2ccc(-c3cccc(C(=O)Nc4ccc(C(F)(F)F)cc4)n3)cc12)C(N)=O. The molecule has 0 spiro atoms. The molecule has 2 aromatic carbocycles. The monoisotopic (exact) mass is 552 g/mol. The molecule has 0 saturated carbocycles. The molecule has 0 fully saturated rings. The van der Waals surface area contributed by atoms with Gasteiger partial charge in [-0.2, -0.15) is 13.2 Å². The van der Waals surface area contributed by atoms with E-state index in [1.807, 2.05) is 0 Å². The summed E-state index contributed by atoms with van der Waals surface area (Å²) in [5.41, 5.74) is 11.6. The second-order valence-electron chi connectivity index (χ2n) is 8.83. The van der Waals surface area contributed by atoms with Crippen molar-refractivity contribution in [3.63, 3.8) is 0 Å². The van der Waals surface area contributed by atoms with Gasteiger partial charge in [-0.05, 0) is 55.0 Å². The van der Waals surface area contributed by atoms with E-state index in [2.05, 4.69) is 20.6 Å². The first-order chi connectivity index (χ1) is 18.9. The standard InChI is InChI=1S/C27H23F3N6O4/c28-27(29,30)15-5-7-16(8-6-15)34-26(40)22-3-1-2-19(35-22)14-4-9-20-17(12-14)18(13-33-20)25(39)36-21(24(32)38)10-11-23(31)37/h1-9,12-13,21,33H,10-11H2,(H2,31,37)(H2,32,38)(H,34,40)(H,36,39). The fourth-order valence-electron chi connectivity index (χ4n) is 3.94. The lowest BCUT2D eigenvalue weighted by Crippen LogP contribution is -2.44. The molecular formula is C27H23F3N6O4. The van der Waals surface area contributed by atoms with E-state index >= 15 is 0 Å². The predicted octanol–water partition coefficient (Wildman–Crippen LogP) is 3.35. The maximum Gasteiger partial charge on any atom is 0.416 e. The van der Waals surface area contributed by atoms with Crippen LogP contribution in [0.5, 0.6) is 0 Å². The van der Waals surface area contributed by atoms with Gasteiger partial charge in [-0.25, -0.2) is 4.98 Å². The number of rotatable bonds is 9. The first-order valence-electron chi connectivity index (χ1n) is 11.9. The Balaban J connectivity index is 1.55. The number of hydrogen-bond acceptors (Lipinski definition) is 5. The number of anilines is 1. The number of nitrogens with one attached hydrogen (secondary N) is 3. The van der Waals surface area contributed by atoms with Gasteiger partial charge in [0, 0.05) is 34.8 Å². The molecule has 0 saturated heterocycles. The molecule has 0 aliphatic heterocycles. The van der Waals surface area contributed by atoms with Crippen molar-refractivity contribution < 1.29 is 32.3 Å². The Kier molecular flexibility index (Phi) is 7.84. The zero-order valence-corrected chi connectivity index (χ0v) is 20.7. The largest absolute Gasteiger partial charge is 0.416 e. The van der Waals surface area contributed by atoms with E-state index in [9.17, 15) is 32.3 Å². The summed E-state index contributed by atoms with van der Waals surface area (Å²) in [5.74, 6) is -2.68. The van der Waals surface area contributed by atoms with Gasteiger partial charge >= 0.3 is 6.18 Å². The number of fused-ring (bicyclic) bond motifs is 1. The average Bonchev–Trinajstić information content (AvgIpc) is 3.34. The molecule has 1 unspecified atom stereocenters. The van der Waals surface area contributed by atoms with Crippen LogP contribution in [0.15, 0.2) is 66.9 Å². The molecule has 0 bridgehead atoms. The molecule has 1 atom stereocenters. The third-order valence-corrected chi connectivity index (χ3v) is 6.00. The molecule has 7 N–H and O–H groups in total. The van der Waals surface area contributed by atoms with Gasteiger partial charge in [-0.3, -0.25) is 19.2 Å². The van der Waals surface area contributed by atoms with E-state index in [0.717, 1.165) is 24.3 Å². The van der Waals surface area contributed by atoms with Crippen molar-refractivity contribution in [3.05, 3.63) is 83.7 Å². The topological polar surface area (TPSA) is 173 Å². The zero-order valence-electron chi connectivity index (χ0n) is 20.7. The summed E-state index contributed by atoms with van der Waals surface area (Å²) in [7, 11) is 0. The summed E-state index contributed by atoms with van der Waals surface area (Å²) in [5, 5.41) is 5.52. The Bertz CT molecular complexity index is 1600. The third kappa shape index (κ3) is 6.43. The number of nitrogens with zero attached hydrogens (tertiary/aromatic N) is 1. The minimum absolute atomic E-state index is 0.0169. The van der Waals surface area contributed by atoms with E-state index < -0.39 is 41.4 Å². The Labute approximate surface area is 224 Å². The van der Waals surface area contributed by atoms with Crippen LogP contribution >= 0.6 is 0 Å². The molecule has 4 amide bonds. The number of carbonyl (C=O) groups is 4. The number of halogens is 3. The number of hydrogen-bond donors (Lipinski definition) is 5. The summed E-state index contributed by atoms with van der Waals surface area (Å²) < 4.78 is 38.4. The molecule has 40 heavy (non-hydrogen) atoms. The molecule has 0 aliphatic carbocycles. The molecular weight excluding hydrogens is 529 g/mol. The van der Waals surface area contributed by atoms with Gasteiger partial charge in [-0.1, -0.05) is 12.1 Å². The third-order valence-electron chi connectivity index (χ3n) is 6.00. The maximum absolute atomic E-state index is 12.9. The number of carbonyl (C=O) groups excluding carboxylic acids is 4. The minimum Gasteiger partial charge on any atom is -0.370 e. The highest BCUT2D eigenvalue weighted by Gasteiger charge is 2.30. The number of amides is 4. The first kappa shape index (κ1) is 27.8. The van der Waals surface area contributed by atoms with Crippen LogP contribution in [0.2, 0.25) is 0 Å². The number of H-pyrrole nitrogens is 1. The Morgan fingerprint density at radius 3 is 2.33 bits per heavy atom. The lowest BCUT2D eigenvalue weighted by Gasteiger charge is -2.14. The molecule has 10 nitrogen and oxygen atoms in total. The van der Waals surface area contributed by atoms with Crippen LogP contribution < -0.4 is 22.1 Å². The molecule has 2 aromatic heterocycles. The second-order valence-corrected chi connectivity index (χ2v) is 8.83. The Morgan fingerprint density at radius 2 is 1.68 bits per heavy atom. The summed E-state index contributed by atoms with van der Waals surface area (Å²) in [6.07, 6.45) is -3.22. The quantitative estimate of drug-likeness (QED) is 0.214. The Morgan fingerprint density at radius 1 is 0.950 bits per heavy atom. The highest BCUT2D eigenvalue weighted by molar-refractivity contribution is 6.09. The van der Waals surface area contributed by atoms with Crippen molar-refractivity contribution in [1.29, 1.82) is 0 Å². The van der Waals surface area contributed by atoms with Crippen LogP contribution in [0, 0.1) is 0 Å². The number of pyridine rings is 1. The fourth-order valence-corrected chi connectivity index (χ4v) is 3.94. The van der Waals surface area contributed by atoms with Gasteiger partial charge < -0.3 is 27.1 Å². The molecule has 206 valence electrons. The van der Waals surface area contributed by atoms with E-state index in [1.165, 1.54) is 12.3 Å². The van der Waals surface area contributed by atoms with Crippen LogP contribution in [0.4, 0.5) is 18.9 Å². The van der Waals surface area contributed by atoms with E-state index in [4.69, 9.17) is 11.5 Å². The number of aromatic nitrogens is 2. The lowest BCUT2D eigenvalue weighted by molar-refractivity contribution is -0.137. The second kappa shape index (κ2) is 11.3. The van der Waals surface area contributed by atoms with Gasteiger partial charge in [0.15, 0.2) is 0 Å². The first-order valence-corrected chi connectivity index (χ1v) is 11.9. The average molecular weight is 553 g/mol.